The molecule has 0 radical (unpaired) electrons. The predicted octanol–water partition coefficient (Wildman–Crippen LogP) is 1.29. The number of hydrogen-bond acceptors (Lipinski definition) is 2. The Hall–Kier alpha value is -1.02. The predicted molar refractivity (Wildman–Crippen MR) is 54.0 cm³/mol. The van der Waals surface area contributed by atoms with Gasteiger partial charge in [0.1, 0.15) is 0 Å². The Bertz CT molecular complexity index is 298. The number of rotatable bonds is 1. The van der Waals surface area contributed by atoms with Crippen molar-refractivity contribution in [1.29, 1.82) is 0 Å². The second kappa shape index (κ2) is 3.38. The van der Waals surface area contributed by atoms with Crippen LogP contribution in [0.3, 0.4) is 0 Å². The van der Waals surface area contributed by atoms with Crippen molar-refractivity contribution < 1.29 is 5.11 Å². The summed E-state index contributed by atoms with van der Waals surface area (Å²) in [5.41, 5.74) is 2.67. The molecule has 1 aliphatic heterocycles. The van der Waals surface area contributed by atoms with Gasteiger partial charge in [-0.15, -0.1) is 0 Å². The van der Waals surface area contributed by atoms with Crippen molar-refractivity contribution >= 4 is 5.69 Å². The monoisotopic (exact) mass is 177 g/mol. The van der Waals surface area contributed by atoms with Crippen LogP contribution in [0, 0.1) is 5.92 Å². The lowest BCUT2D eigenvalue weighted by Gasteiger charge is -2.32. The number of hydrogen-bond donors (Lipinski definition) is 1. The van der Waals surface area contributed by atoms with E-state index in [1.807, 2.05) is 0 Å². The fraction of sp³-hybridized carbons (Fsp3) is 0.455. The van der Waals surface area contributed by atoms with E-state index in [2.05, 4.69) is 36.2 Å². The highest BCUT2D eigenvalue weighted by atomic mass is 16.3. The second-order valence-electron chi connectivity index (χ2n) is 3.76. The number of fused-ring (bicyclic) bond motifs is 1. The van der Waals surface area contributed by atoms with Crippen molar-refractivity contribution in [3.8, 4) is 0 Å². The molecule has 2 nitrogen and oxygen atoms in total. The first-order valence-corrected chi connectivity index (χ1v) is 4.71. The van der Waals surface area contributed by atoms with Crippen molar-refractivity contribution in [1.82, 2.24) is 0 Å². The lowest BCUT2D eigenvalue weighted by molar-refractivity contribution is 0.225. The Kier molecular flexibility index (Phi) is 2.23. The number of benzene rings is 1. The third kappa shape index (κ3) is 1.54. The molecule has 2 heteroatoms. The van der Waals surface area contributed by atoms with Gasteiger partial charge < -0.3 is 10.0 Å². The molecule has 0 saturated heterocycles. The number of aliphatic hydroxyl groups is 1. The first-order chi connectivity index (χ1) is 6.31. The first-order valence-electron chi connectivity index (χ1n) is 4.71. The highest BCUT2D eigenvalue weighted by molar-refractivity contribution is 5.55. The topological polar surface area (TPSA) is 23.5 Å². The minimum Gasteiger partial charge on any atom is -0.396 e. The van der Waals surface area contributed by atoms with Gasteiger partial charge in [0.25, 0.3) is 0 Å². The van der Waals surface area contributed by atoms with E-state index < -0.39 is 0 Å². The lowest BCUT2D eigenvalue weighted by Crippen LogP contribution is -2.33. The highest BCUT2D eigenvalue weighted by Gasteiger charge is 2.20. The Morgan fingerprint density at radius 3 is 3.00 bits per heavy atom. The summed E-state index contributed by atoms with van der Waals surface area (Å²) in [5.74, 6) is 0.403. The van der Waals surface area contributed by atoms with Crippen molar-refractivity contribution in [3.05, 3.63) is 29.8 Å². The number of aliphatic hydroxyl groups excluding tert-OH is 1. The van der Waals surface area contributed by atoms with Gasteiger partial charge >= 0.3 is 0 Å². The van der Waals surface area contributed by atoms with Crippen LogP contribution in [-0.2, 0) is 6.42 Å². The zero-order valence-corrected chi connectivity index (χ0v) is 7.90. The Morgan fingerprint density at radius 1 is 1.46 bits per heavy atom. The molecule has 0 spiro atoms. The maximum Gasteiger partial charge on any atom is 0.0479 e. The largest absolute Gasteiger partial charge is 0.396 e. The smallest absolute Gasteiger partial charge is 0.0479 e. The molecule has 1 unspecified atom stereocenters. The van der Waals surface area contributed by atoms with E-state index >= 15 is 0 Å². The molecule has 0 aliphatic carbocycles. The van der Waals surface area contributed by atoms with Crippen LogP contribution in [0.4, 0.5) is 5.69 Å². The van der Waals surface area contributed by atoms with Gasteiger partial charge in [0, 0.05) is 31.8 Å². The summed E-state index contributed by atoms with van der Waals surface area (Å²) in [6, 6.07) is 8.41. The molecule has 0 bridgehead atoms. The van der Waals surface area contributed by atoms with E-state index in [9.17, 15) is 0 Å². The summed E-state index contributed by atoms with van der Waals surface area (Å²) in [5, 5.41) is 9.11. The summed E-state index contributed by atoms with van der Waals surface area (Å²) in [7, 11) is 2.08. The van der Waals surface area contributed by atoms with E-state index in [-0.39, 0.29) is 0 Å². The highest BCUT2D eigenvalue weighted by Crippen LogP contribution is 2.27. The van der Waals surface area contributed by atoms with Crippen LogP contribution in [0.1, 0.15) is 5.56 Å². The molecular weight excluding hydrogens is 162 g/mol. The van der Waals surface area contributed by atoms with Crippen LogP contribution in [0.2, 0.25) is 0 Å². The van der Waals surface area contributed by atoms with E-state index in [4.69, 9.17) is 5.11 Å². The van der Waals surface area contributed by atoms with Crippen molar-refractivity contribution in [3.63, 3.8) is 0 Å². The minimum absolute atomic E-state index is 0.290. The Labute approximate surface area is 78.8 Å². The van der Waals surface area contributed by atoms with Gasteiger partial charge in [-0.3, -0.25) is 0 Å². The second-order valence-corrected chi connectivity index (χ2v) is 3.76. The molecule has 0 amide bonds. The van der Waals surface area contributed by atoms with Crippen molar-refractivity contribution in [2.24, 2.45) is 5.92 Å². The standard InChI is InChI=1S/C11H15NO/c1-12-7-9(8-13)6-10-4-2-3-5-11(10)12/h2-5,9,13H,6-8H2,1H3. The van der Waals surface area contributed by atoms with Crippen LogP contribution in [0.25, 0.3) is 0 Å². The van der Waals surface area contributed by atoms with Gasteiger partial charge in [-0.1, -0.05) is 18.2 Å². The molecule has 1 N–H and O–H groups in total. The van der Waals surface area contributed by atoms with Crippen molar-refractivity contribution in [2.75, 3.05) is 25.1 Å². The van der Waals surface area contributed by atoms with Crippen LogP contribution in [-0.4, -0.2) is 25.3 Å². The Balaban J connectivity index is 2.31. The van der Waals surface area contributed by atoms with Gasteiger partial charge in [0.05, 0.1) is 0 Å². The fourth-order valence-corrected chi connectivity index (χ4v) is 2.04. The van der Waals surface area contributed by atoms with Crippen molar-refractivity contribution in [2.45, 2.75) is 6.42 Å². The van der Waals surface area contributed by atoms with Crippen LogP contribution in [0.5, 0.6) is 0 Å². The first kappa shape index (κ1) is 8.57. The molecule has 1 aromatic rings. The molecule has 13 heavy (non-hydrogen) atoms. The van der Waals surface area contributed by atoms with Crippen LogP contribution < -0.4 is 4.90 Å². The summed E-state index contributed by atoms with van der Waals surface area (Å²) in [4.78, 5) is 2.22. The average molecular weight is 177 g/mol. The molecule has 70 valence electrons. The normalized spacial score (nSPS) is 21.4. The van der Waals surface area contributed by atoms with E-state index in [1.54, 1.807) is 0 Å². The number of para-hydroxylation sites is 1. The SMILES string of the molecule is CN1CC(CO)Cc2ccccc21. The van der Waals surface area contributed by atoms with Gasteiger partial charge in [0.15, 0.2) is 0 Å². The average Bonchev–Trinajstić information content (AvgIpc) is 2.18. The molecule has 2 rings (SSSR count). The summed E-state index contributed by atoms with van der Waals surface area (Å²) in [6.07, 6.45) is 1.01. The maximum atomic E-state index is 9.11. The van der Waals surface area contributed by atoms with Gasteiger partial charge in [-0.25, -0.2) is 0 Å². The fourth-order valence-electron chi connectivity index (χ4n) is 2.04. The third-order valence-electron chi connectivity index (χ3n) is 2.70. The molecule has 0 aromatic heterocycles. The van der Waals surface area contributed by atoms with E-state index in [0.29, 0.717) is 12.5 Å². The Morgan fingerprint density at radius 2 is 2.23 bits per heavy atom. The van der Waals surface area contributed by atoms with Gasteiger partial charge in [-0.2, -0.15) is 0 Å². The maximum absolute atomic E-state index is 9.11. The molecule has 0 saturated carbocycles. The molecule has 1 aliphatic rings. The minimum atomic E-state index is 0.290. The summed E-state index contributed by atoms with van der Waals surface area (Å²) < 4.78 is 0. The van der Waals surface area contributed by atoms with E-state index in [1.165, 1.54) is 11.3 Å². The summed E-state index contributed by atoms with van der Waals surface area (Å²) in [6.45, 7) is 1.26. The number of anilines is 1. The molecule has 1 heterocycles. The number of nitrogens with zero attached hydrogens (tertiary/aromatic N) is 1. The zero-order chi connectivity index (χ0) is 9.26. The molecule has 0 fully saturated rings. The third-order valence-corrected chi connectivity index (χ3v) is 2.70. The molecular formula is C11H15NO. The lowest BCUT2D eigenvalue weighted by atomic mass is 9.93. The quantitative estimate of drug-likeness (QED) is 0.698. The zero-order valence-electron chi connectivity index (χ0n) is 7.90. The summed E-state index contributed by atoms with van der Waals surface area (Å²) >= 11 is 0. The van der Waals surface area contributed by atoms with Crippen LogP contribution in [0.15, 0.2) is 24.3 Å². The van der Waals surface area contributed by atoms with Gasteiger partial charge in [-0.05, 0) is 18.1 Å². The van der Waals surface area contributed by atoms with Crippen LogP contribution >= 0.6 is 0 Å². The van der Waals surface area contributed by atoms with E-state index in [0.717, 1.165) is 13.0 Å². The van der Waals surface area contributed by atoms with Gasteiger partial charge in [0.2, 0.25) is 0 Å². The molecule has 1 aromatic carbocycles. The molecule has 1 atom stereocenters.